The second-order valence-corrected chi connectivity index (χ2v) is 3.67. The Morgan fingerprint density at radius 2 is 2.36 bits per heavy atom. The van der Waals surface area contributed by atoms with Gasteiger partial charge in [0, 0.05) is 11.8 Å². The second-order valence-electron chi connectivity index (χ2n) is 3.67. The number of rotatable bonds is 1. The summed E-state index contributed by atoms with van der Waals surface area (Å²) in [6, 6.07) is 0. The van der Waals surface area contributed by atoms with Crippen LogP contribution in [0.15, 0.2) is 6.20 Å². The van der Waals surface area contributed by atoms with Crippen LogP contribution in [0.3, 0.4) is 0 Å². The van der Waals surface area contributed by atoms with Crippen LogP contribution in [0, 0.1) is 0 Å². The molecular weight excluding hydrogens is 184 g/mol. The van der Waals surface area contributed by atoms with E-state index in [1.807, 2.05) is 13.8 Å². The van der Waals surface area contributed by atoms with Crippen molar-refractivity contribution in [3.8, 4) is 0 Å². The lowest BCUT2D eigenvalue weighted by Gasteiger charge is -2.16. The van der Waals surface area contributed by atoms with Crippen LogP contribution < -0.4 is 0 Å². The molecule has 0 radical (unpaired) electrons. The first kappa shape index (κ1) is 9.08. The zero-order chi connectivity index (χ0) is 10.3. The van der Waals surface area contributed by atoms with Gasteiger partial charge in [-0.2, -0.15) is 0 Å². The molecule has 0 saturated carbocycles. The molecule has 0 aliphatic carbocycles. The van der Waals surface area contributed by atoms with Crippen LogP contribution in [0.5, 0.6) is 0 Å². The van der Waals surface area contributed by atoms with Gasteiger partial charge in [-0.05, 0) is 13.8 Å². The Labute approximate surface area is 80.8 Å². The normalized spacial score (nSPS) is 17.9. The number of hydrogen-bond acceptors (Lipinski definition) is 4. The van der Waals surface area contributed by atoms with E-state index in [9.17, 15) is 4.79 Å². The minimum Gasteiger partial charge on any atom is -0.475 e. The predicted molar refractivity (Wildman–Crippen MR) is 46.8 cm³/mol. The van der Waals surface area contributed by atoms with Gasteiger partial charge in [-0.1, -0.05) is 0 Å². The average molecular weight is 194 g/mol. The van der Waals surface area contributed by atoms with Gasteiger partial charge < -0.3 is 9.84 Å². The van der Waals surface area contributed by atoms with Crippen molar-refractivity contribution in [1.82, 2.24) is 9.97 Å². The quantitative estimate of drug-likeness (QED) is 0.720. The van der Waals surface area contributed by atoms with E-state index in [-0.39, 0.29) is 5.82 Å². The fourth-order valence-corrected chi connectivity index (χ4v) is 1.46. The number of carboxylic acids is 1. The maximum atomic E-state index is 10.6. The van der Waals surface area contributed by atoms with E-state index >= 15 is 0 Å². The molecule has 0 bridgehead atoms. The highest BCUT2D eigenvalue weighted by Gasteiger charge is 2.33. The monoisotopic (exact) mass is 194 g/mol. The molecule has 2 heterocycles. The van der Waals surface area contributed by atoms with Crippen molar-refractivity contribution in [2.45, 2.75) is 26.1 Å². The molecular formula is C9H10N2O3. The third-order valence-corrected chi connectivity index (χ3v) is 2.21. The molecule has 1 aromatic heterocycles. The Kier molecular flexibility index (Phi) is 1.78. The average Bonchev–Trinajstić information content (AvgIpc) is 2.42. The number of nitrogens with zero attached hydrogens (tertiary/aromatic N) is 2. The molecule has 0 aromatic carbocycles. The van der Waals surface area contributed by atoms with Crippen molar-refractivity contribution in [3.63, 3.8) is 0 Å². The van der Waals surface area contributed by atoms with Gasteiger partial charge in [0.15, 0.2) is 0 Å². The molecule has 1 aliphatic rings. The third-order valence-electron chi connectivity index (χ3n) is 2.21. The van der Waals surface area contributed by atoms with E-state index in [2.05, 4.69) is 9.97 Å². The van der Waals surface area contributed by atoms with Crippen LogP contribution in [0.4, 0.5) is 0 Å². The summed E-state index contributed by atoms with van der Waals surface area (Å²) in [6.45, 7) is 4.16. The van der Waals surface area contributed by atoms with E-state index in [0.717, 1.165) is 5.56 Å². The number of aromatic nitrogens is 2. The predicted octanol–water partition coefficient (Wildman–Crippen LogP) is 0.940. The Morgan fingerprint density at radius 3 is 3.00 bits per heavy atom. The molecule has 5 heteroatoms. The lowest BCUT2D eigenvalue weighted by Crippen LogP contribution is -2.18. The minimum atomic E-state index is -1.12. The summed E-state index contributed by atoms with van der Waals surface area (Å²) in [4.78, 5) is 18.3. The van der Waals surface area contributed by atoms with Crippen LogP contribution in [0.25, 0.3) is 0 Å². The van der Waals surface area contributed by atoms with Crippen LogP contribution >= 0.6 is 0 Å². The fourth-order valence-electron chi connectivity index (χ4n) is 1.46. The maximum Gasteiger partial charge on any atom is 0.373 e. The largest absolute Gasteiger partial charge is 0.475 e. The number of carbonyl (C=O) groups is 1. The first-order valence-electron chi connectivity index (χ1n) is 4.24. The summed E-state index contributed by atoms with van der Waals surface area (Å²) in [7, 11) is 0. The van der Waals surface area contributed by atoms with Gasteiger partial charge in [-0.3, -0.25) is 0 Å². The standard InChI is InChI=1S/C9H10N2O3/c1-9(2)6-5(4-14-9)3-10-7(11-6)8(12)13/h3H,4H2,1-2H3,(H,12,13). The van der Waals surface area contributed by atoms with Gasteiger partial charge in [-0.25, -0.2) is 14.8 Å². The number of aromatic carboxylic acids is 1. The molecule has 0 amide bonds. The molecule has 1 aliphatic heterocycles. The summed E-state index contributed by atoms with van der Waals surface area (Å²) >= 11 is 0. The number of hydrogen-bond donors (Lipinski definition) is 1. The molecule has 0 spiro atoms. The zero-order valence-electron chi connectivity index (χ0n) is 7.94. The highest BCUT2D eigenvalue weighted by Crippen LogP contribution is 2.33. The fraction of sp³-hybridized carbons (Fsp3) is 0.444. The molecule has 2 rings (SSSR count). The van der Waals surface area contributed by atoms with Crippen molar-refractivity contribution in [1.29, 1.82) is 0 Å². The molecule has 1 aromatic rings. The summed E-state index contributed by atoms with van der Waals surface area (Å²) < 4.78 is 5.45. The maximum absolute atomic E-state index is 10.6. The van der Waals surface area contributed by atoms with Gasteiger partial charge >= 0.3 is 5.97 Å². The highest BCUT2D eigenvalue weighted by molar-refractivity contribution is 5.83. The summed E-state index contributed by atoms with van der Waals surface area (Å²) in [6.07, 6.45) is 1.51. The lowest BCUT2D eigenvalue weighted by atomic mass is 10.0. The van der Waals surface area contributed by atoms with E-state index in [1.165, 1.54) is 6.20 Å². The number of carboxylic acid groups (broad SMARTS) is 1. The molecule has 0 atom stereocenters. The first-order valence-corrected chi connectivity index (χ1v) is 4.24. The molecule has 5 nitrogen and oxygen atoms in total. The molecule has 0 fully saturated rings. The highest BCUT2D eigenvalue weighted by atomic mass is 16.5. The van der Waals surface area contributed by atoms with Crippen LogP contribution in [-0.2, 0) is 16.9 Å². The summed E-state index contributed by atoms with van der Waals surface area (Å²) in [5.74, 6) is -1.29. The Hall–Kier alpha value is -1.49. The van der Waals surface area contributed by atoms with E-state index in [0.29, 0.717) is 12.3 Å². The first-order chi connectivity index (χ1) is 6.50. The SMILES string of the molecule is CC1(C)OCc2cnc(C(=O)O)nc21. The van der Waals surface area contributed by atoms with Gasteiger partial charge in [0.1, 0.15) is 5.60 Å². The van der Waals surface area contributed by atoms with Gasteiger partial charge in [-0.15, -0.1) is 0 Å². The Balaban J connectivity index is 2.53. The number of ether oxygens (including phenoxy) is 1. The smallest absolute Gasteiger partial charge is 0.373 e. The van der Waals surface area contributed by atoms with E-state index < -0.39 is 11.6 Å². The van der Waals surface area contributed by atoms with Crippen molar-refractivity contribution < 1.29 is 14.6 Å². The zero-order valence-corrected chi connectivity index (χ0v) is 7.94. The number of fused-ring (bicyclic) bond motifs is 1. The minimum absolute atomic E-state index is 0.178. The van der Waals surface area contributed by atoms with E-state index in [4.69, 9.17) is 9.84 Å². The molecule has 1 N–H and O–H groups in total. The third kappa shape index (κ3) is 1.26. The lowest BCUT2D eigenvalue weighted by molar-refractivity contribution is -0.0101. The van der Waals surface area contributed by atoms with Crippen molar-refractivity contribution >= 4 is 5.97 Å². The van der Waals surface area contributed by atoms with Crippen molar-refractivity contribution in [2.24, 2.45) is 0 Å². The summed E-state index contributed by atoms with van der Waals surface area (Å²) in [5.41, 5.74) is 1.02. The van der Waals surface area contributed by atoms with Crippen LogP contribution in [0.2, 0.25) is 0 Å². The van der Waals surface area contributed by atoms with Gasteiger partial charge in [0.2, 0.25) is 5.82 Å². The molecule has 14 heavy (non-hydrogen) atoms. The summed E-state index contributed by atoms with van der Waals surface area (Å²) in [5, 5.41) is 8.72. The second kappa shape index (κ2) is 2.75. The Morgan fingerprint density at radius 1 is 1.64 bits per heavy atom. The topological polar surface area (TPSA) is 72.3 Å². The van der Waals surface area contributed by atoms with E-state index in [1.54, 1.807) is 0 Å². The van der Waals surface area contributed by atoms with Crippen molar-refractivity contribution in [3.05, 3.63) is 23.3 Å². The molecule has 74 valence electrons. The van der Waals surface area contributed by atoms with Gasteiger partial charge in [0.05, 0.1) is 12.3 Å². The molecule has 0 unspecified atom stereocenters. The van der Waals surface area contributed by atoms with Crippen molar-refractivity contribution in [2.75, 3.05) is 0 Å². The molecule has 0 saturated heterocycles. The Bertz CT molecular complexity index is 401. The van der Waals surface area contributed by atoms with Gasteiger partial charge in [0.25, 0.3) is 0 Å². The van der Waals surface area contributed by atoms with Crippen LogP contribution in [-0.4, -0.2) is 21.0 Å². The van der Waals surface area contributed by atoms with Crippen LogP contribution in [0.1, 0.15) is 35.7 Å².